The first-order chi connectivity index (χ1) is 10.3. The van der Waals surface area contributed by atoms with Crippen LogP contribution in [0.4, 0.5) is 10.5 Å². The van der Waals surface area contributed by atoms with Crippen molar-refractivity contribution in [2.75, 3.05) is 31.6 Å². The molecule has 0 radical (unpaired) electrons. The molecule has 3 rings (SSSR count). The Balaban J connectivity index is 1.64. The third-order valence-corrected chi connectivity index (χ3v) is 3.75. The Hall–Kier alpha value is -1.91. The lowest BCUT2D eigenvalue weighted by atomic mass is 10.2. The highest BCUT2D eigenvalue weighted by atomic mass is 16.6. The predicted octanol–water partition coefficient (Wildman–Crippen LogP) is 3.11. The van der Waals surface area contributed by atoms with Crippen LogP contribution in [0.3, 0.4) is 0 Å². The lowest BCUT2D eigenvalue weighted by Gasteiger charge is -2.23. The highest BCUT2D eigenvalue weighted by molar-refractivity contribution is 5.89. The van der Waals surface area contributed by atoms with Crippen LogP contribution >= 0.6 is 0 Å². The summed E-state index contributed by atoms with van der Waals surface area (Å²) < 4.78 is 11.0. The maximum absolute atomic E-state index is 12.4. The maximum Gasteiger partial charge on any atom is 0.321 e. The molecule has 0 aromatic heterocycles. The average molecular weight is 290 g/mol. The molecule has 0 atom stereocenters. The average Bonchev–Trinajstić information content (AvgIpc) is 3.31. The Labute approximate surface area is 125 Å². The molecular weight excluding hydrogens is 268 g/mol. The van der Waals surface area contributed by atoms with Gasteiger partial charge in [0.1, 0.15) is 13.2 Å². The minimum absolute atomic E-state index is 0.0274. The molecule has 1 aliphatic carbocycles. The lowest BCUT2D eigenvalue weighted by Crippen LogP contribution is -2.37. The summed E-state index contributed by atoms with van der Waals surface area (Å²) in [7, 11) is 0. The number of nitrogens with one attached hydrogen (secondary N) is 1. The van der Waals surface area contributed by atoms with E-state index in [0.717, 1.165) is 30.9 Å². The number of hydrogen-bond acceptors (Lipinski definition) is 3. The summed E-state index contributed by atoms with van der Waals surface area (Å²) in [5.74, 6) is 2.13. The standard InChI is InChI=1S/C16H22N2O3/c1-2-7-18(11-12-3-4-12)16(19)17-13-5-6-14-15(10-13)21-9-8-20-14/h5-6,10,12H,2-4,7-9,11H2,1H3,(H,17,19). The number of rotatable bonds is 5. The summed E-state index contributed by atoms with van der Waals surface area (Å²) in [4.78, 5) is 14.3. The Bertz CT molecular complexity index is 514. The summed E-state index contributed by atoms with van der Waals surface area (Å²) in [5, 5.41) is 2.96. The van der Waals surface area contributed by atoms with E-state index >= 15 is 0 Å². The van der Waals surface area contributed by atoms with Gasteiger partial charge in [-0.05, 0) is 37.3 Å². The first-order valence-corrected chi connectivity index (χ1v) is 7.72. The highest BCUT2D eigenvalue weighted by Gasteiger charge is 2.26. The molecule has 5 nitrogen and oxygen atoms in total. The summed E-state index contributed by atoms with van der Waals surface area (Å²) in [5.41, 5.74) is 0.751. The second kappa shape index (κ2) is 6.24. The summed E-state index contributed by atoms with van der Waals surface area (Å²) in [6.45, 7) is 4.88. The third kappa shape index (κ3) is 3.60. The van der Waals surface area contributed by atoms with E-state index in [0.29, 0.717) is 24.9 Å². The van der Waals surface area contributed by atoms with Gasteiger partial charge in [0.2, 0.25) is 0 Å². The third-order valence-electron chi connectivity index (χ3n) is 3.75. The van der Waals surface area contributed by atoms with E-state index in [2.05, 4.69) is 12.2 Å². The van der Waals surface area contributed by atoms with Gasteiger partial charge >= 0.3 is 6.03 Å². The van der Waals surface area contributed by atoms with Crippen molar-refractivity contribution < 1.29 is 14.3 Å². The van der Waals surface area contributed by atoms with E-state index in [4.69, 9.17) is 9.47 Å². The van der Waals surface area contributed by atoms with E-state index < -0.39 is 0 Å². The van der Waals surface area contributed by atoms with Crippen LogP contribution in [-0.4, -0.2) is 37.2 Å². The topological polar surface area (TPSA) is 50.8 Å². The van der Waals surface area contributed by atoms with Crippen molar-refractivity contribution in [2.24, 2.45) is 5.92 Å². The number of anilines is 1. The zero-order valence-electron chi connectivity index (χ0n) is 12.4. The number of benzene rings is 1. The molecule has 0 saturated heterocycles. The predicted molar refractivity (Wildman–Crippen MR) is 81.0 cm³/mol. The SMILES string of the molecule is CCCN(CC1CC1)C(=O)Nc1ccc2c(c1)OCCO2. The quantitative estimate of drug-likeness (QED) is 0.906. The largest absolute Gasteiger partial charge is 0.486 e. The number of fused-ring (bicyclic) bond motifs is 1. The Morgan fingerprint density at radius 3 is 2.76 bits per heavy atom. The minimum atomic E-state index is -0.0274. The molecule has 1 aliphatic heterocycles. The second-order valence-electron chi connectivity index (χ2n) is 5.68. The van der Waals surface area contributed by atoms with Crippen molar-refractivity contribution in [1.29, 1.82) is 0 Å². The van der Waals surface area contributed by atoms with Gasteiger partial charge in [-0.25, -0.2) is 4.79 Å². The molecule has 2 aliphatic rings. The normalized spacial score (nSPS) is 16.4. The molecule has 1 heterocycles. The first-order valence-electron chi connectivity index (χ1n) is 7.72. The molecule has 1 saturated carbocycles. The summed E-state index contributed by atoms with van der Waals surface area (Å²) >= 11 is 0. The molecule has 2 amide bonds. The molecule has 1 aromatic rings. The molecule has 0 bridgehead atoms. The van der Waals surface area contributed by atoms with Crippen LogP contribution in [0, 0.1) is 5.92 Å². The highest BCUT2D eigenvalue weighted by Crippen LogP contribution is 2.33. The van der Waals surface area contributed by atoms with Gasteiger partial charge in [-0.15, -0.1) is 0 Å². The molecule has 1 fully saturated rings. The molecule has 0 unspecified atom stereocenters. The van der Waals surface area contributed by atoms with Gasteiger partial charge in [0.05, 0.1) is 0 Å². The molecule has 1 aromatic carbocycles. The van der Waals surface area contributed by atoms with Crippen molar-refractivity contribution in [3.63, 3.8) is 0 Å². The number of urea groups is 1. The maximum atomic E-state index is 12.4. The van der Waals surface area contributed by atoms with Crippen molar-refractivity contribution in [1.82, 2.24) is 4.90 Å². The van der Waals surface area contributed by atoms with E-state index in [1.54, 1.807) is 0 Å². The van der Waals surface area contributed by atoms with Gasteiger partial charge in [-0.3, -0.25) is 0 Å². The van der Waals surface area contributed by atoms with Gasteiger partial charge in [0.15, 0.2) is 11.5 Å². The van der Waals surface area contributed by atoms with Crippen molar-refractivity contribution in [3.05, 3.63) is 18.2 Å². The van der Waals surface area contributed by atoms with Crippen molar-refractivity contribution >= 4 is 11.7 Å². The molecule has 21 heavy (non-hydrogen) atoms. The monoisotopic (exact) mass is 290 g/mol. The van der Waals surface area contributed by atoms with Crippen LogP contribution in [0.25, 0.3) is 0 Å². The summed E-state index contributed by atoms with van der Waals surface area (Å²) in [6.07, 6.45) is 3.47. The Morgan fingerprint density at radius 1 is 1.29 bits per heavy atom. The van der Waals surface area contributed by atoms with E-state index in [1.807, 2.05) is 23.1 Å². The number of carbonyl (C=O) groups excluding carboxylic acids is 1. The van der Waals surface area contributed by atoms with Gasteiger partial charge in [0, 0.05) is 24.8 Å². The van der Waals surface area contributed by atoms with Gasteiger partial charge in [-0.2, -0.15) is 0 Å². The first kappa shape index (κ1) is 14.0. The van der Waals surface area contributed by atoms with Crippen LogP contribution < -0.4 is 14.8 Å². The van der Waals surface area contributed by atoms with Crippen LogP contribution in [0.2, 0.25) is 0 Å². The second-order valence-corrected chi connectivity index (χ2v) is 5.68. The van der Waals surface area contributed by atoms with Crippen LogP contribution in [-0.2, 0) is 0 Å². The van der Waals surface area contributed by atoms with Crippen LogP contribution in [0.5, 0.6) is 11.5 Å². The summed E-state index contributed by atoms with van der Waals surface area (Å²) in [6, 6.07) is 5.50. The number of carbonyl (C=O) groups is 1. The fourth-order valence-corrected chi connectivity index (χ4v) is 2.48. The van der Waals surface area contributed by atoms with Crippen molar-refractivity contribution in [3.8, 4) is 11.5 Å². The van der Waals surface area contributed by atoms with E-state index in [-0.39, 0.29) is 6.03 Å². The molecular formula is C16H22N2O3. The van der Waals surface area contributed by atoms with Gasteiger partial charge < -0.3 is 19.7 Å². The lowest BCUT2D eigenvalue weighted by molar-refractivity contribution is 0.171. The smallest absolute Gasteiger partial charge is 0.321 e. The fourth-order valence-electron chi connectivity index (χ4n) is 2.48. The zero-order chi connectivity index (χ0) is 14.7. The van der Waals surface area contributed by atoms with Gasteiger partial charge in [0.25, 0.3) is 0 Å². The Morgan fingerprint density at radius 2 is 2.05 bits per heavy atom. The Kier molecular flexibility index (Phi) is 4.18. The molecule has 0 spiro atoms. The van der Waals surface area contributed by atoms with Crippen LogP contribution in [0.15, 0.2) is 18.2 Å². The number of hydrogen-bond donors (Lipinski definition) is 1. The molecule has 5 heteroatoms. The van der Waals surface area contributed by atoms with E-state index in [1.165, 1.54) is 12.8 Å². The zero-order valence-corrected chi connectivity index (χ0v) is 12.4. The molecule has 1 N–H and O–H groups in total. The number of ether oxygens (including phenoxy) is 2. The number of amides is 2. The van der Waals surface area contributed by atoms with Crippen molar-refractivity contribution in [2.45, 2.75) is 26.2 Å². The van der Waals surface area contributed by atoms with Gasteiger partial charge in [-0.1, -0.05) is 6.92 Å². The molecule has 114 valence electrons. The van der Waals surface area contributed by atoms with Crippen LogP contribution in [0.1, 0.15) is 26.2 Å². The number of nitrogens with zero attached hydrogens (tertiary/aromatic N) is 1. The fraction of sp³-hybridized carbons (Fsp3) is 0.562. The minimum Gasteiger partial charge on any atom is -0.486 e. The van der Waals surface area contributed by atoms with E-state index in [9.17, 15) is 4.79 Å².